The Morgan fingerprint density at radius 1 is 1.03 bits per heavy atom. The molecule has 2 aliphatic rings. The van der Waals surface area contributed by atoms with Crippen molar-refractivity contribution >= 4 is 11.8 Å². The molecule has 1 aromatic heterocycles. The Labute approximate surface area is 193 Å². The summed E-state index contributed by atoms with van der Waals surface area (Å²) >= 11 is 0. The second-order valence-electron chi connectivity index (χ2n) is 8.90. The predicted octanol–water partition coefficient (Wildman–Crippen LogP) is 2.80. The van der Waals surface area contributed by atoms with Crippen molar-refractivity contribution in [3.8, 4) is 11.1 Å². The third-order valence-electron chi connectivity index (χ3n) is 6.84. The lowest BCUT2D eigenvalue weighted by Gasteiger charge is -2.58. The summed E-state index contributed by atoms with van der Waals surface area (Å²) < 4.78 is 0. The maximum Gasteiger partial charge on any atom is 0.242 e. The topological polar surface area (TPSA) is 73.7 Å². The average Bonchev–Trinajstić information content (AvgIpc) is 2.82. The number of rotatable bonds is 5. The van der Waals surface area contributed by atoms with Gasteiger partial charge < -0.3 is 14.9 Å². The van der Waals surface area contributed by atoms with Crippen LogP contribution in [0.3, 0.4) is 0 Å². The first-order valence-corrected chi connectivity index (χ1v) is 11.3. The summed E-state index contributed by atoms with van der Waals surface area (Å²) in [5.74, 6) is -0.203. The molecule has 0 spiro atoms. The molecule has 33 heavy (non-hydrogen) atoms. The van der Waals surface area contributed by atoms with E-state index in [2.05, 4.69) is 60.4 Å². The Bertz CT molecular complexity index is 1150. The minimum absolute atomic E-state index is 0.00327. The Hall–Kier alpha value is -3.51. The lowest BCUT2D eigenvalue weighted by Crippen LogP contribution is -2.73. The minimum atomic E-state index is -0.249. The molecule has 0 bridgehead atoms. The number of aryl methyl sites for hydroxylation is 1. The van der Waals surface area contributed by atoms with Crippen molar-refractivity contribution in [2.45, 2.75) is 31.3 Å². The van der Waals surface area contributed by atoms with Crippen molar-refractivity contribution in [1.82, 2.24) is 14.8 Å². The first kappa shape index (κ1) is 21.3. The zero-order valence-electron chi connectivity index (χ0n) is 18.6. The number of benzene rings is 2. The van der Waals surface area contributed by atoms with Gasteiger partial charge in [0.1, 0.15) is 0 Å². The van der Waals surface area contributed by atoms with Crippen LogP contribution >= 0.6 is 0 Å². The first-order valence-electron chi connectivity index (χ1n) is 11.3. The molecule has 168 valence electrons. The largest absolute Gasteiger partial charge is 0.394 e. The Kier molecular flexibility index (Phi) is 5.68. The molecule has 2 fully saturated rings. The van der Waals surface area contributed by atoms with Crippen molar-refractivity contribution in [3.63, 3.8) is 0 Å². The summed E-state index contributed by atoms with van der Waals surface area (Å²) in [5, 5.41) is 10.0. The van der Waals surface area contributed by atoms with Crippen molar-refractivity contribution in [3.05, 3.63) is 89.7 Å². The van der Waals surface area contributed by atoms with Crippen LogP contribution < -0.4 is 0 Å². The molecule has 1 N–H and O–H groups in total. The van der Waals surface area contributed by atoms with Crippen molar-refractivity contribution in [2.24, 2.45) is 0 Å². The number of amides is 2. The van der Waals surface area contributed by atoms with Gasteiger partial charge >= 0.3 is 0 Å². The third kappa shape index (κ3) is 4.02. The van der Waals surface area contributed by atoms with Crippen LogP contribution in [0.5, 0.6) is 0 Å². The van der Waals surface area contributed by atoms with E-state index in [1.165, 1.54) is 5.56 Å². The fraction of sp³-hybridized carbons (Fsp3) is 0.296. The number of carbonyl (C=O) groups is 2. The predicted molar refractivity (Wildman–Crippen MR) is 125 cm³/mol. The zero-order chi connectivity index (χ0) is 22.9. The van der Waals surface area contributed by atoms with Crippen molar-refractivity contribution < 1.29 is 14.7 Å². The number of pyridine rings is 1. The lowest BCUT2D eigenvalue weighted by atomic mass is 9.73. The number of nitrogens with zero attached hydrogens (tertiary/aromatic N) is 3. The molecule has 3 aromatic rings. The number of carbonyl (C=O) groups excluding carboxylic acids is 2. The molecule has 3 heterocycles. The van der Waals surface area contributed by atoms with Crippen LogP contribution in [0.1, 0.15) is 22.7 Å². The van der Waals surface area contributed by atoms with Gasteiger partial charge in [0.15, 0.2) is 0 Å². The minimum Gasteiger partial charge on any atom is -0.394 e. The molecule has 6 heteroatoms. The van der Waals surface area contributed by atoms with E-state index < -0.39 is 0 Å². The summed E-state index contributed by atoms with van der Waals surface area (Å²) in [7, 11) is 0. The maximum atomic E-state index is 12.9. The fourth-order valence-corrected chi connectivity index (χ4v) is 5.10. The Morgan fingerprint density at radius 3 is 2.36 bits per heavy atom. The molecular weight excluding hydrogens is 414 g/mol. The van der Waals surface area contributed by atoms with Crippen LogP contribution in [-0.4, -0.2) is 63.5 Å². The zero-order valence-corrected chi connectivity index (χ0v) is 18.6. The molecule has 0 saturated carbocycles. The molecule has 2 saturated heterocycles. The van der Waals surface area contributed by atoms with E-state index >= 15 is 0 Å². The smallest absolute Gasteiger partial charge is 0.242 e. The van der Waals surface area contributed by atoms with Crippen LogP contribution in [0, 0.1) is 6.92 Å². The van der Waals surface area contributed by atoms with E-state index in [-0.39, 0.29) is 49.4 Å². The summed E-state index contributed by atoms with van der Waals surface area (Å²) in [6.45, 7) is 2.50. The second kappa shape index (κ2) is 8.79. The van der Waals surface area contributed by atoms with E-state index in [0.29, 0.717) is 12.2 Å². The number of hydrogen-bond acceptors (Lipinski definition) is 4. The highest BCUT2D eigenvalue weighted by Gasteiger charge is 2.54. The van der Waals surface area contributed by atoms with Gasteiger partial charge in [0, 0.05) is 24.4 Å². The van der Waals surface area contributed by atoms with E-state index in [0.717, 1.165) is 16.7 Å². The quantitative estimate of drug-likeness (QED) is 0.661. The van der Waals surface area contributed by atoms with E-state index in [4.69, 9.17) is 0 Å². The van der Waals surface area contributed by atoms with Gasteiger partial charge in [0.05, 0.1) is 31.7 Å². The number of aliphatic hydroxyl groups excluding tert-OH is 1. The average molecular weight is 442 g/mol. The van der Waals surface area contributed by atoms with Crippen LogP contribution in [0.15, 0.2) is 72.9 Å². The second-order valence-corrected chi connectivity index (χ2v) is 8.90. The maximum absolute atomic E-state index is 12.9. The van der Waals surface area contributed by atoms with Gasteiger partial charge in [-0.3, -0.25) is 14.6 Å². The summed E-state index contributed by atoms with van der Waals surface area (Å²) in [4.78, 5) is 33.4. The summed E-state index contributed by atoms with van der Waals surface area (Å²) in [6.07, 6.45) is 1.85. The number of hydrogen-bond donors (Lipinski definition) is 1. The molecule has 5 rings (SSSR count). The Morgan fingerprint density at radius 2 is 1.73 bits per heavy atom. The summed E-state index contributed by atoms with van der Waals surface area (Å²) in [6, 6.07) is 21.9. The molecule has 2 aromatic carbocycles. The van der Waals surface area contributed by atoms with Crippen LogP contribution in [-0.2, 0) is 16.0 Å². The number of aromatic nitrogens is 1. The summed E-state index contributed by atoms with van der Waals surface area (Å²) in [5.41, 5.74) is 5.28. The lowest BCUT2D eigenvalue weighted by molar-refractivity contribution is -0.166. The molecule has 0 aliphatic carbocycles. The fourth-order valence-electron chi connectivity index (χ4n) is 5.10. The van der Waals surface area contributed by atoms with Gasteiger partial charge in [-0.05, 0) is 35.7 Å². The molecule has 6 nitrogen and oxygen atoms in total. The number of fused-ring (bicyclic) bond motifs is 1. The van der Waals surface area contributed by atoms with Gasteiger partial charge in [-0.15, -0.1) is 0 Å². The normalized spacial score (nSPS) is 22.0. The van der Waals surface area contributed by atoms with Crippen LogP contribution in [0.4, 0.5) is 0 Å². The van der Waals surface area contributed by atoms with Gasteiger partial charge in [-0.25, -0.2) is 0 Å². The van der Waals surface area contributed by atoms with Crippen LogP contribution in [0.2, 0.25) is 0 Å². The molecule has 0 unspecified atom stereocenters. The highest BCUT2D eigenvalue weighted by Crippen LogP contribution is 2.43. The van der Waals surface area contributed by atoms with Crippen molar-refractivity contribution in [2.75, 3.05) is 19.7 Å². The van der Waals surface area contributed by atoms with Gasteiger partial charge in [-0.2, -0.15) is 0 Å². The van der Waals surface area contributed by atoms with Crippen LogP contribution in [0.25, 0.3) is 11.1 Å². The van der Waals surface area contributed by atoms with Gasteiger partial charge in [0.25, 0.3) is 0 Å². The standard InChI is InChI=1S/C27H27N3O3/c1-18-5-7-19(8-6-18)20-9-11-21(12-10-20)27-23-15-29(16-26(33)30(23)24(27)17-31)25(32)14-22-4-2-3-13-28-22/h2-13,23-24,27,31H,14-17H2,1H3/t23-,24-,27+/m0/s1. The highest BCUT2D eigenvalue weighted by molar-refractivity contribution is 5.88. The monoisotopic (exact) mass is 441 g/mol. The van der Waals surface area contributed by atoms with Gasteiger partial charge in [-0.1, -0.05) is 60.2 Å². The Balaban J connectivity index is 1.34. The molecule has 3 atom stereocenters. The molecule has 2 aliphatic heterocycles. The van der Waals surface area contributed by atoms with Crippen molar-refractivity contribution in [1.29, 1.82) is 0 Å². The highest BCUT2D eigenvalue weighted by atomic mass is 16.3. The number of aliphatic hydroxyl groups is 1. The van der Waals surface area contributed by atoms with Gasteiger partial charge in [0.2, 0.25) is 11.8 Å². The SMILES string of the molecule is Cc1ccc(-c2ccc([C@H]3[C@H](CO)N4C(=O)CN(C(=O)Cc5ccccn5)C[C@@H]34)cc2)cc1. The number of piperazine rings is 1. The van der Waals surface area contributed by atoms with E-state index in [1.807, 2.05) is 18.2 Å². The molecule has 2 amide bonds. The molecular formula is C27H27N3O3. The van der Waals surface area contributed by atoms with E-state index in [9.17, 15) is 14.7 Å². The first-order chi connectivity index (χ1) is 16.0. The van der Waals surface area contributed by atoms with E-state index in [1.54, 1.807) is 16.0 Å². The third-order valence-corrected chi connectivity index (χ3v) is 6.84. The molecule has 0 radical (unpaired) electrons.